The molecule has 0 saturated carbocycles. The van der Waals surface area contributed by atoms with Crippen LogP contribution in [0.4, 0.5) is 22.0 Å². The number of nitrogens with zero attached hydrogens (tertiary/aromatic N) is 1. The zero-order valence-corrected chi connectivity index (χ0v) is 14.9. The van der Waals surface area contributed by atoms with Gasteiger partial charge in [0.1, 0.15) is 5.82 Å². The fourth-order valence-corrected chi connectivity index (χ4v) is 3.04. The summed E-state index contributed by atoms with van der Waals surface area (Å²) in [6.07, 6.45) is 0.720. The highest BCUT2D eigenvalue weighted by atomic mass is 16.5. The van der Waals surface area contributed by atoms with Gasteiger partial charge in [-0.2, -0.15) is 0 Å². The second-order valence-electron chi connectivity index (χ2n) is 6.15. The lowest BCUT2D eigenvalue weighted by molar-refractivity contribution is 0.248. The number of aliphatic hydroxyl groups excluding tert-OH is 1. The van der Waals surface area contributed by atoms with E-state index in [1.165, 1.54) is 13.2 Å². The Bertz CT molecular complexity index is 870. The van der Waals surface area contributed by atoms with Crippen LogP contribution < -0.4 is 21.7 Å². The number of rotatable bonds is 4. The molecule has 2 amide bonds. The molecule has 9 nitrogen and oxygen atoms in total. The first kappa shape index (κ1) is 18.5. The van der Waals surface area contributed by atoms with Crippen LogP contribution >= 0.6 is 0 Å². The SMILES string of the molecule is COC(=N)c1c(N)cc(NC(=O)NC2CNc3ccccc3C2)nc1CO. The molecule has 7 N–H and O–H groups in total. The molecule has 0 spiro atoms. The summed E-state index contributed by atoms with van der Waals surface area (Å²) >= 11 is 0. The lowest BCUT2D eigenvalue weighted by Gasteiger charge is -2.27. The van der Waals surface area contributed by atoms with Gasteiger partial charge in [0.2, 0.25) is 5.90 Å². The lowest BCUT2D eigenvalue weighted by atomic mass is 10.00. The second-order valence-corrected chi connectivity index (χ2v) is 6.15. The van der Waals surface area contributed by atoms with E-state index in [4.69, 9.17) is 15.9 Å². The number of nitrogen functional groups attached to an aromatic ring is 1. The van der Waals surface area contributed by atoms with Gasteiger partial charge in [-0.25, -0.2) is 9.78 Å². The number of carbonyl (C=O) groups is 1. The molecule has 9 heteroatoms. The summed E-state index contributed by atoms with van der Waals surface area (Å²) in [5.74, 6) is -0.0159. The van der Waals surface area contributed by atoms with Crippen molar-refractivity contribution in [1.29, 1.82) is 5.41 Å². The van der Waals surface area contributed by atoms with Crippen molar-refractivity contribution in [3.8, 4) is 0 Å². The Balaban J connectivity index is 1.68. The number of amides is 2. The number of para-hydroxylation sites is 1. The Kier molecular flexibility index (Phi) is 5.41. The molecule has 27 heavy (non-hydrogen) atoms. The number of pyridine rings is 1. The van der Waals surface area contributed by atoms with Crippen molar-refractivity contribution >= 4 is 29.1 Å². The summed E-state index contributed by atoms with van der Waals surface area (Å²) in [5.41, 5.74) is 8.70. The topological polar surface area (TPSA) is 145 Å². The molecule has 1 aliphatic rings. The van der Waals surface area contributed by atoms with E-state index in [1.807, 2.05) is 24.3 Å². The standard InChI is InChI=1S/C18H22N6O3/c1-27-17(20)16-12(19)7-15(23-14(16)9-25)24-18(26)22-11-6-10-4-2-3-5-13(10)21-8-11/h2-5,7,11,20-21,25H,6,8-9H2,1H3,(H4,19,22,23,24,26). The van der Waals surface area contributed by atoms with Crippen LogP contribution in [-0.4, -0.2) is 41.7 Å². The van der Waals surface area contributed by atoms with Crippen molar-refractivity contribution in [2.45, 2.75) is 19.1 Å². The Morgan fingerprint density at radius 3 is 3.00 bits per heavy atom. The molecule has 3 rings (SSSR count). The summed E-state index contributed by atoms with van der Waals surface area (Å²) in [4.78, 5) is 16.5. The van der Waals surface area contributed by atoms with E-state index in [0.29, 0.717) is 6.54 Å². The molecule has 1 unspecified atom stereocenters. The molecule has 0 bridgehead atoms. The Hall–Kier alpha value is -3.33. The Morgan fingerprint density at radius 2 is 2.26 bits per heavy atom. The van der Waals surface area contributed by atoms with Gasteiger partial charge in [0.05, 0.1) is 31.0 Å². The minimum atomic E-state index is -0.439. The van der Waals surface area contributed by atoms with Crippen LogP contribution in [0, 0.1) is 5.41 Å². The number of ether oxygens (including phenoxy) is 1. The van der Waals surface area contributed by atoms with E-state index < -0.39 is 12.6 Å². The fourth-order valence-electron chi connectivity index (χ4n) is 3.04. The minimum absolute atomic E-state index is 0.0736. The van der Waals surface area contributed by atoms with Gasteiger partial charge in [0.15, 0.2) is 0 Å². The van der Waals surface area contributed by atoms with Crippen molar-refractivity contribution < 1.29 is 14.6 Å². The van der Waals surface area contributed by atoms with E-state index in [9.17, 15) is 9.90 Å². The quantitative estimate of drug-likeness (QED) is 0.353. The second kappa shape index (κ2) is 7.92. The average Bonchev–Trinajstić information content (AvgIpc) is 2.66. The molecule has 0 fully saturated rings. The zero-order valence-electron chi connectivity index (χ0n) is 14.9. The van der Waals surface area contributed by atoms with Gasteiger partial charge in [0.25, 0.3) is 0 Å². The van der Waals surface area contributed by atoms with Gasteiger partial charge in [-0.3, -0.25) is 10.7 Å². The van der Waals surface area contributed by atoms with Gasteiger partial charge in [-0.1, -0.05) is 18.2 Å². The maximum atomic E-state index is 12.3. The summed E-state index contributed by atoms with van der Waals surface area (Å²) in [6, 6.07) is 8.89. The molecule has 1 aromatic carbocycles. The first-order valence-corrected chi connectivity index (χ1v) is 8.44. The molecule has 142 valence electrons. The molecule has 2 aromatic rings. The third-order valence-corrected chi connectivity index (χ3v) is 4.31. The molecule has 1 atom stereocenters. The van der Waals surface area contributed by atoms with E-state index in [-0.39, 0.29) is 34.7 Å². The number of nitrogens with one attached hydrogen (secondary N) is 4. The fraction of sp³-hybridized carbons (Fsp3) is 0.278. The number of hydrogen-bond acceptors (Lipinski definition) is 7. The van der Waals surface area contributed by atoms with Crippen LogP contribution in [0.2, 0.25) is 0 Å². The average molecular weight is 370 g/mol. The number of fused-ring (bicyclic) bond motifs is 1. The highest BCUT2D eigenvalue weighted by Crippen LogP contribution is 2.22. The first-order valence-electron chi connectivity index (χ1n) is 8.44. The number of aromatic nitrogens is 1. The number of anilines is 3. The molecule has 1 aromatic heterocycles. The molecule has 1 aliphatic heterocycles. The lowest BCUT2D eigenvalue weighted by Crippen LogP contribution is -2.45. The monoisotopic (exact) mass is 370 g/mol. The molecule has 0 aliphatic carbocycles. The van der Waals surface area contributed by atoms with Crippen molar-refractivity contribution in [2.75, 3.05) is 30.0 Å². The summed E-state index contributed by atoms with van der Waals surface area (Å²) in [5, 5.41) is 26.0. The third-order valence-electron chi connectivity index (χ3n) is 4.31. The van der Waals surface area contributed by atoms with Gasteiger partial charge < -0.3 is 26.2 Å². The number of aliphatic hydroxyl groups is 1. The van der Waals surface area contributed by atoms with E-state index in [1.54, 1.807) is 0 Å². The number of urea groups is 1. The molecule has 0 saturated heterocycles. The minimum Gasteiger partial charge on any atom is -0.481 e. The van der Waals surface area contributed by atoms with Crippen LogP contribution in [0.5, 0.6) is 0 Å². The summed E-state index contributed by atoms with van der Waals surface area (Å²) in [7, 11) is 1.33. The molecular weight excluding hydrogens is 348 g/mol. The Labute approximate surface area is 156 Å². The van der Waals surface area contributed by atoms with Gasteiger partial charge in [-0.15, -0.1) is 0 Å². The molecule has 0 radical (unpaired) electrons. The van der Waals surface area contributed by atoms with Crippen LogP contribution in [0.1, 0.15) is 16.8 Å². The zero-order chi connectivity index (χ0) is 19.4. The number of hydrogen-bond donors (Lipinski definition) is 6. The van der Waals surface area contributed by atoms with Crippen molar-refractivity contribution in [3.05, 3.63) is 47.2 Å². The number of carbonyl (C=O) groups excluding carboxylic acids is 1. The van der Waals surface area contributed by atoms with Crippen molar-refractivity contribution in [2.24, 2.45) is 0 Å². The maximum Gasteiger partial charge on any atom is 0.320 e. The highest BCUT2D eigenvalue weighted by Gasteiger charge is 2.21. The summed E-state index contributed by atoms with van der Waals surface area (Å²) in [6.45, 7) is 0.178. The predicted octanol–water partition coefficient (Wildman–Crippen LogP) is 1.29. The van der Waals surface area contributed by atoms with Crippen molar-refractivity contribution in [3.63, 3.8) is 0 Å². The van der Waals surface area contributed by atoms with Crippen LogP contribution in [0.15, 0.2) is 30.3 Å². The Morgan fingerprint density at radius 1 is 1.48 bits per heavy atom. The number of benzene rings is 1. The number of methoxy groups -OCH3 is 1. The van der Waals surface area contributed by atoms with Gasteiger partial charge >= 0.3 is 6.03 Å². The largest absolute Gasteiger partial charge is 0.481 e. The predicted molar refractivity (Wildman–Crippen MR) is 103 cm³/mol. The molecule has 2 heterocycles. The van der Waals surface area contributed by atoms with E-state index >= 15 is 0 Å². The highest BCUT2D eigenvalue weighted by molar-refractivity contribution is 5.99. The third kappa shape index (κ3) is 4.09. The van der Waals surface area contributed by atoms with E-state index in [2.05, 4.69) is 20.9 Å². The van der Waals surface area contributed by atoms with Crippen LogP contribution in [0.25, 0.3) is 0 Å². The van der Waals surface area contributed by atoms with Crippen LogP contribution in [0.3, 0.4) is 0 Å². The van der Waals surface area contributed by atoms with Crippen LogP contribution in [-0.2, 0) is 17.8 Å². The first-order chi connectivity index (χ1) is 13.0. The molecular formula is C18H22N6O3. The summed E-state index contributed by atoms with van der Waals surface area (Å²) < 4.78 is 4.86. The van der Waals surface area contributed by atoms with Gasteiger partial charge in [-0.05, 0) is 18.1 Å². The van der Waals surface area contributed by atoms with E-state index in [0.717, 1.165) is 17.7 Å². The van der Waals surface area contributed by atoms with Gasteiger partial charge in [0, 0.05) is 24.0 Å². The number of nitrogens with two attached hydrogens (primary N) is 1. The smallest absolute Gasteiger partial charge is 0.320 e. The maximum absolute atomic E-state index is 12.3. The van der Waals surface area contributed by atoms with Crippen molar-refractivity contribution in [1.82, 2.24) is 10.3 Å². The normalized spacial score (nSPS) is 15.3.